The predicted molar refractivity (Wildman–Crippen MR) is 84.1 cm³/mol. The second kappa shape index (κ2) is 6.32. The van der Waals surface area contributed by atoms with Crippen molar-refractivity contribution in [3.63, 3.8) is 0 Å². The van der Waals surface area contributed by atoms with Crippen LogP contribution < -0.4 is 10.5 Å². The first kappa shape index (κ1) is 15.6. The number of nitrogens with one attached hydrogen (secondary N) is 1. The third kappa shape index (κ3) is 3.86. The first-order chi connectivity index (χ1) is 9.38. The lowest BCUT2D eigenvalue weighted by atomic mass is 10.3. The number of nitrogens with two attached hydrogens (primary N) is 1. The summed E-state index contributed by atoms with van der Waals surface area (Å²) in [5, 5.41) is 0.220. The monoisotopic (exact) mass is 350 g/mol. The summed E-state index contributed by atoms with van der Waals surface area (Å²) in [6, 6.07) is 7.89. The Morgan fingerprint density at radius 2 is 1.95 bits per heavy atom. The Morgan fingerprint density at radius 1 is 1.20 bits per heavy atom. The van der Waals surface area contributed by atoms with Crippen LogP contribution in [0.25, 0.3) is 0 Å². The molecule has 2 rings (SSSR count). The van der Waals surface area contributed by atoms with E-state index in [9.17, 15) is 8.42 Å². The predicted octanol–water partition coefficient (Wildman–Crippen LogP) is 3.16. The van der Waals surface area contributed by atoms with Crippen molar-refractivity contribution in [1.29, 1.82) is 0 Å². The van der Waals surface area contributed by atoms with Crippen molar-refractivity contribution < 1.29 is 8.42 Å². The fraction of sp³-hybridized carbons (Fsp3) is 0.167. The summed E-state index contributed by atoms with van der Waals surface area (Å²) in [7, 11) is -3.58. The molecule has 0 unspecified atom stereocenters. The molecule has 0 aliphatic carbocycles. The van der Waals surface area contributed by atoms with Crippen LogP contribution in [0.2, 0.25) is 9.36 Å². The highest BCUT2D eigenvalue weighted by molar-refractivity contribution is 7.89. The number of hydrogen-bond acceptors (Lipinski definition) is 4. The van der Waals surface area contributed by atoms with Gasteiger partial charge in [-0.05, 0) is 36.8 Å². The Morgan fingerprint density at radius 3 is 2.55 bits per heavy atom. The van der Waals surface area contributed by atoms with Gasteiger partial charge in [0.15, 0.2) is 0 Å². The van der Waals surface area contributed by atoms with E-state index in [1.807, 2.05) is 6.07 Å². The van der Waals surface area contributed by atoms with Gasteiger partial charge in [-0.1, -0.05) is 23.2 Å². The van der Waals surface area contributed by atoms with Crippen LogP contribution in [-0.2, 0) is 16.4 Å². The third-order valence-corrected chi connectivity index (χ3v) is 5.65. The summed E-state index contributed by atoms with van der Waals surface area (Å²) in [6.45, 7) is 0.293. The second-order valence-electron chi connectivity index (χ2n) is 4.04. The van der Waals surface area contributed by atoms with Crippen LogP contribution in [0, 0.1) is 0 Å². The molecule has 1 aromatic carbocycles. The Kier molecular flexibility index (Phi) is 4.93. The SMILES string of the molecule is Nc1ccc(S(=O)(=O)NCCc2ccc(Cl)s2)cc1Cl. The van der Waals surface area contributed by atoms with Crippen LogP contribution in [-0.4, -0.2) is 15.0 Å². The minimum absolute atomic E-state index is 0.0981. The molecule has 108 valence electrons. The Labute approximate surface area is 131 Å². The second-order valence-corrected chi connectivity index (χ2v) is 8.01. The minimum atomic E-state index is -3.58. The first-order valence-corrected chi connectivity index (χ1v) is 8.73. The zero-order valence-corrected chi connectivity index (χ0v) is 13.4. The molecule has 0 amide bonds. The molecule has 0 spiro atoms. The molecule has 1 heterocycles. The molecule has 0 atom stereocenters. The maximum absolute atomic E-state index is 12.1. The highest BCUT2D eigenvalue weighted by Gasteiger charge is 2.14. The lowest BCUT2D eigenvalue weighted by molar-refractivity contribution is 0.582. The molecular formula is C12H12Cl2N2O2S2. The van der Waals surface area contributed by atoms with Crippen molar-refractivity contribution in [3.8, 4) is 0 Å². The lowest BCUT2D eigenvalue weighted by Crippen LogP contribution is -2.25. The number of hydrogen-bond donors (Lipinski definition) is 2. The number of sulfonamides is 1. The number of rotatable bonds is 5. The van der Waals surface area contributed by atoms with Crippen molar-refractivity contribution in [2.45, 2.75) is 11.3 Å². The van der Waals surface area contributed by atoms with Crippen LogP contribution >= 0.6 is 34.5 Å². The molecule has 0 aliphatic rings. The lowest BCUT2D eigenvalue weighted by Gasteiger charge is -2.07. The van der Waals surface area contributed by atoms with Gasteiger partial charge in [0.25, 0.3) is 0 Å². The van der Waals surface area contributed by atoms with Crippen LogP contribution in [0.1, 0.15) is 4.88 Å². The summed E-state index contributed by atoms with van der Waals surface area (Å²) >= 11 is 13.1. The van der Waals surface area contributed by atoms with E-state index in [4.69, 9.17) is 28.9 Å². The summed E-state index contributed by atoms with van der Waals surface area (Å²) < 4.78 is 27.3. The molecule has 4 nitrogen and oxygen atoms in total. The number of halogens is 2. The zero-order valence-electron chi connectivity index (χ0n) is 10.3. The molecular weight excluding hydrogens is 339 g/mol. The fourth-order valence-corrected chi connectivity index (χ4v) is 3.94. The molecule has 0 saturated carbocycles. The number of thiophene rings is 1. The Hall–Kier alpha value is -0.790. The summed E-state index contributed by atoms with van der Waals surface area (Å²) in [4.78, 5) is 1.12. The largest absolute Gasteiger partial charge is 0.398 e. The Bertz CT molecular complexity index is 714. The van der Waals surface area contributed by atoms with Gasteiger partial charge in [0.1, 0.15) is 0 Å². The van der Waals surface area contributed by atoms with Gasteiger partial charge in [-0.15, -0.1) is 11.3 Å². The smallest absolute Gasteiger partial charge is 0.240 e. The van der Waals surface area contributed by atoms with E-state index in [0.29, 0.717) is 23.0 Å². The van der Waals surface area contributed by atoms with Gasteiger partial charge in [0, 0.05) is 11.4 Å². The number of anilines is 1. The van der Waals surface area contributed by atoms with Crippen molar-refractivity contribution in [2.24, 2.45) is 0 Å². The third-order valence-electron chi connectivity index (χ3n) is 2.57. The summed E-state index contributed by atoms with van der Waals surface area (Å²) in [5.74, 6) is 0. The fourth-order valence-electron chi connectivity index (χ4n) is 1.55. The first-order valence-electron chi connectivity index (χ1n) is 5.67. The molecule has 1 aromatic heterocycles. The van der Waals surface area contributed by atoms with E-state index in [2.05, 4.69) is 4.72 Å². The van der Waals surface area contributed by atoms with E-state index < -0.39 is 10.0 Å². The van der Waals surface area contributed by atoms with Crippen LogP contribution in [0.3, 0.4) is 0 Å². The van der Waals surface area contributed by atoms with Crippen molar-refractivity contribution in [1.82, 2.24) is 4.72 Å². The zero-order chi connectivity index (χ0) is 14.8. The van der Waals surface area contributed by atoms with Crippen LogP contribution in [0.15, 0.2) is 35.2 Å². The molecule has 0 aliphatic heterocycles. The minimum Gasteiger partial charge on any atom is -0.398 e. The molecule has 2 aromatic rings. The summed E-state index contributed by atoms with van der Waals surface area (Å²) in [5.41, 5.74) is 5.90. The molecule has 0 bridgehead atoms. The molecule has 8 heteroatoms. The van der Waals surface area contributed by atoms with E-state index >= 15 is 0 Å². The van der Waals surface area contributed by atoms with Gasteiger partial charge in [-0.3, -0.25) is 0 Å². The van der Waals surface area contributed by atoms with Gasteiger partial charge in [-0.25, -0.2) is 13.1 Å². The highest BCUT2D eigenvalue weighted by Crippen LogP contribution is 2.23. The van der Waals surface area contributed by atoms with E-state index in [1.165, 1.54) is 29.5 Å². The Balaban J connectivity index is 2.02. The number of nitrogen functional groups attached to an aromatic ring is 1. The van der Waals surface area contributed by atoms with E-state index in [0.717, 1.165) is 4.88 Å². The van der Waals surface area contributed by atoms with Gasteiger partial charge < -0.3 is 5.73 Å². The average Bonchev–Trinajstić information content (AvgIpc) is 2.78. The highest BCUT2D eigenvalue weighted by atomic mass is 35.5. The van der Waals surface area contributed by atoms with E-state index in [-0.39, 0.29) is 9.92 Å². The molecule has 0 fully saturated rings. The average molecular weight is 351 g/mol. The van der Waals surface area contributed by atoms with Crippen molar-refractivity contribution >= 4 is 50.2 Å². The molecule has 0 radical (unpaired) electrons. The quantitative estimate of drug-likeness (QED) is 0.813. The standard InChI is InChI=1S/C12H12Cl2N2O2S2/c13-10-7-9(2-3-11(10)15)20(17,18)16-6-5-8-1-4-12(14)19-8/h1-4,7,16H,5-6,15H2. The van der Waals surface area contributed by atoms with Gasteiger partial charge >= 0.3 is 0 Å². The van der Waals surface area contributed by atoms with Gasteiger partial charge in [0.05, 0.1) is 19.9 Å². The molecule has 3 N–H and O–H groups in total. The van der Waals surface area contributed by atoms with Gasteiger partial charge in [0.2, 0.25) is 10.0 Å². The molecule has 20 heavy (non-hydrogen) atoms. The number of benzene rings is 1. The topological polar surface area (TPSA) is 72.2 Å². The van der Waals surface area contributed by atoms with Crippen LogP contribution in [0.5, 0.6) is 0 Å². The van der Waals surface area contributed by atoms with Crippen molar-refractivity contribution in [2.75, 3.05) is 12.3 Å². The van der Waals surface area contributed by atoms with Gasteiger partial charge in [-0.2, -0.15) is 0 Å². The summed E-state index contributed by atoms with van der Waals surface area (Å²) in [6.07, 6.45) is 0.583. The maximum atomic E-state index is 12.1. The van der Waals surface area contributed by atoms with Crippen LogP contribution in [0.4, 0.5) is 5.69 Å². The normalized spacial score (nSPS) is 11.7. The molecule has 0 saturated heterocycles. The maximum Gasteiger partial charge on any atom is 0.240 e. The van der Waals surface area contributed by atoms with Crippen molar-refractivity contribution in [3.05, 3.63) is 44.6 Å². The van der Waals surface area contributed by atoms with E-state index in [1.54, 1.807) is 6.07 Å².